The van der Waals surface area contributed by atoms with Gasteiger partial charge in [0.05, 0.1) is 10.7 Å². The van der Waals surface area contributed by atoms with Crippen LogP contribution in [0.2, 0.25) is 10.2 Å². The zero-order chi connectivity index (χ0) is 14.1. The molecule has 3 aromatic rings. The summed E-state index contributed by atoms with van der Waals surface area (Å²) < 4.78 is 6.49. The number of fused-ring (bicyclic) bond motifs is 1. The number of hydrogen-bond donors (Lipinski definition) is 1. The van der Waals surface area contributed by atoms with E-state index >= 15 is 0 Å². The van der Waals surface area contributed by atoms with Crippen LogP contribution in [-0.4, -0.2) is 0 Å². The molecular weight excluding hydrogens is 361 g/mol. The zero-order valence-corrected chi connectivity index (χ0v) is 13.4. The van der Waals surface area contributed by atoms with Crippen molar-refractivity contribution in [2.75, 3.05) is 5.32 Å². The van der Waals surface area contributed by atoms with Crippen molar-refractivity contribution in [2.24, 2.45) is 0 Å². The molecule has 20 heavy (non-hydrogen) atoms. The number of anilines is 1. The minimum atomic E-state index is 0.407. The zero-order valence-electron chi connectivity index (χ0n) is 10.3. The van der Waals surface area contributed by atoms with E-state index in [1.165, 1.54) is 0 Å². The number of furan rings is 1. The van der Waals surface area contributed by atoms with Gasteiger partial charge in [-0.05, 0) is 35.9 Å². The Morgan fingerprint density at radius 3 is 2.75 bits per heavy atom. The molecule has 0 fully saturated rings. The lowest BCUT2D eigenvalue weighted by Crippen LogP contribution is -1.99. The van der Waals surface area contributed by atoms with Gasteiger partial charge >= 0.3 is 0 Å². The van der Waals surface area contributed by atoms with Gasteiger partial charge in [0.2, 0.25) is 0 Å². The van der Waals surface area contributed by atoms with Gasteiger partial charge in [-0.15, -0.1) is 0 Å². The average molecular weight is 371 g/mol. The van der Waals surface area contributed by atoms with Crippen LogP contribution in [0.1, 0.15) is 5.56 Å². The van der Waals surface area contributed by atoms with Gasteiger partial charge in [-0.2, -0.15) is 0 Å². The predicted octanol–water partition coefficient (Wildman–Crippen LogP) is 6.11. The highest BCUT2D eigenvalue weighted by Crippen LogP contribution is 2.31. The van der Waals surface area contributed by atoms with Crippen molar-refractivity contribution in [3.05, 3.63) is 62.7 Å². The van der Waals surface area contributed by atoms with Crippen molar-refractivity contribution < 1.29 is 4.42 Å². The van der Waals surface area contributed by atoms with Crippen molar-refractivity contribution in [3.8, 4) is 0 Å². The van der Waals surface area contributed by atoms with E-state index in [0.29, 0.717) is 16.8 Å². The molecule has 0 radical (unpaired) electrons. The van der Waals surface area contributed by atoms with Crippen LogP contribution < -0.4 is 5.32 Å². The van der Waals surface area contributed by atoms with Gasteiger partial charge in [-0.1, -0.05) is 45.7 Å². The molecule has 2 nitrogen and oxygen atoms in total. The number of para-hydroxylation sites is 1. The predicted molar refractivity (Wildman–Crippen MR) is 87.7 cm³/mol. The summed E-state index contributed by atoms with van der Waals surface area (Å²) >= 11 is 15.7. The summed E-state index contributed by atoms with van der Waals surface area (Å²) in [4.78, 5) is 0. The van der Waals surface area contributed by atoms with Gasteiger partial charge < -0.3 is 9.73 Å². The lowest BCUT2D eigenvalue weighted by Gasteiger charge is -2.08. The Labute approximate surface area is 134 Å². The Balaban J connectivity index is 1.90. The molecule has 0 atom stereocenters. The van der Waals surface area contributed by atoms with Crippen molar-refractivity contribution in [1.29, 1.82) is 0 Å². The topological polar surface area (TPSA) is 25.2 Å². The molecule has 0 aliphatic rings. The number of halogens is 3. The highest BCUT2D eigenvalue weighted by molar-refractivity contribution is 9.10. The SMILES string of the molecule is Clc1ccc(Br)cc1NCc1c(Cl)oc2ccccc12. The molecule has 0 aliphatic carbocycles. The van der Waals surface area contributed by atoms with Crippen LogP contribution in [-0.2, 0) is 6.54 Å². The van der Waals surface area contributed by atoms with Crippen molar-refractivity contribution in [2.45, 2.75) is 6.54 Å². The van der Waals surface area contributed by atoms with Crippen molar-refractivity contribution in [3.63, 3.8) is 0 Å². The third kappa shape index (κ3) is 2.66. The second-order valence-electron chi connectivity index (χ2n) is 4.33. The highest BCUT2D eigenvalue weighted by atomic mass is 79.9. The maximum Gasteiger partial charge on any atom is 0.199 e. The first-order valence-corrected chi connectivity index (χ1v) is 7.55. The van der Waals surface area contributed by atoms with Gasteiger partial charge in [0.25, 0.3) is 0 Å². The Hall–Kier alpha value is -1.16. The van der Waals surface area contributed by atoms with E-state index in [4.69, 9.17) is 27.6 Å². The van der Waals surface area contributed by atoms with Crippen molar-refractivity contribution in [1.82, 2.24) is 0 Å². The van der Waals surface area contributed by atoms with Crippen LogP contribution in [0.15, 0.2) is 51.4 Å². The molecule has 2 aromatic carbocycles. The number of nitrogens with one attached hydrogen (secondary N) is 1. The van der Waals surface area contributed by atoms with Gasteiger partial charge in [-0.25, -0.2) is 0 Å². The lowest BCUT2D eigenvalue weighted by molar-refractivity contribution is 0.613. The summed E-state index contributed by atoms with van der Waals surface area (Å²) in [6.45, 7) is 0.548. The molecular formula is C15H10BrCl2NO. The molecule has 5 heteroatoms. The number of rotatable bonds is 3. The van der Waals surface area contributed by atoms with Crippen LogP contribution in [0.3, 0.4) is 0 Å². The summed E-state index contributed by atoms with van der Waals surface area (Å²) in [5.74, 6) is 0. The minimum Gasteiger partial charge on any atom is -0.444 e. The van der Waals surface area contributed by atoms with E-state index in [9.17, 15) is 0 Å². The van der Waals surface area contributed by atoms with Crippen molar-refractivity contribution >= 4 is 55.8 Å². The van der Waals surface area contributed by atoms with E-state index in [1.807, 2.05) is 42.5 Å². The molecule has 0 amide bonds. The molecule has 102 valence electrons. The first-order valence-electron chi connectivity index (χ1n) is 6.00. The second kappa shape index (κ2) is 5.68. The molecule has 1 aromatic heterocycles. The van der Waals surface area contributed by atoms with Crippen LogP contribution in [0.25, 0.3) is 11.0 Å². The van der Waals surface area contributed by atoms with Gasteiger partial charge in [0.15, 0.2) is 5.22 Å². The summed E-state index contributed by atoms with van der Waals surface area (Å²) in [5, 5.41) is 5.36. The largest absolute Gasteiger partial charge is 0.444 e. The van der Waals surface area contributed by atoms with Crippen LogP contribution in [0.4, 0.5) is 5.69 Å². The van der Waals surface area contributed by atoms with Crippen LogP contribution in [0, 0.1) is 0 Å². The van der Waals surface area contributed by atoms with E-state index in [2.05, 4.69) is 21.2 Å². The van der Waals surface area contributed by atoms with Gasteiger partial charge in [0, 0.05) is 22.0 Å². The molecule has 1 N–H and O–H groups in total. The van der Waals surface area contributed by atoms with Gasteiger partial charge in [-0.3, -0.25) is 0 Å². The Morgan fingerprint density at radius 1 is 1.10 bits per heavy atom. The van der Waals surface area contributed by atoms with Crippen LogP contribution >= 0.6 is 39.1 Å². The smallest absolute Gasteiger partial charge is 0.199 e. The fourth-order valence-corrected chi connectivity index (χ4v) is 2.85. The third-order valence-electron chi connectivity index (χ3n) is 3.03. The van der Waals surface area contributed by atoms with Crippen LogP contribution in [0.5, 0.6) is 0 Å². The number of hydrogen-bond acceptors (Lipinski definition) is 2. The molecule has 3 rings (SSSR count). The first-order chi connectivity index (χ1) is 9.65. The second-order valence-corrected chi connectivity index (χ2v) is 5.99. The minimum absolute atomic E-state index is 0.407. The number of benzene rings is 2. The van der Waals surface area contributed by atoms with E-state index < -0.39 is 0 Å². The molecule has 0 unspecified atom stereocenters. The van der Waals surface area contributed by atoms with E-state index in [0.717, 1.165) is 26.7 Å². The maximum atomic E-state index is 6.16. The quantitative estimate of drug-likeness (QED) is 0.601. The Bertz CT molecular complexity index is 770. The standard InChI is InChI=1S/C15H10BrCl2NO/c16-9-5-6-12(17)13(7-9)19-8-11-10-3-1-2-4-14(10)20-15(11)18/h1-7,19H,8H2. The normalized spacial score (nSPS) is 10.9. The molecule has 0 saturated heterocycles. The Kier molecular flexibility index (Phi) is 3.92. The highest BCUT2D eigenvalue weighted by Gasteiger charge is 2.12. The first kappa shape index (κ1) is 13.8. The monoisotopic (exact) mass is 369 g/mol. The molecule has 0 spiro atoms. The molecule has 0 bridgehead atoms. The molecule has 0 aliphatic heterocycles. The fourth-order valence-electron chi connectivity index (χ4n) is 2.05. The molecule has 1 heterocycles. The summed E-state index contributed by atoms with van der Waals surface area (Å²) in [7, 11) is 0. The summed E-state index contributed by atoms with van der Waals surface area (Å²) in [6.07, 6.45) is 0. The summed E-state index contributed by atoms with van der Waals surface area (Å²) in [5.41, 5.74) is 2.57. The summed E-state index contributed by atoms with van der Waals surface area (Å²) in [6, 6.07) is 13.4. The molecule has 0 saturated carbocycles. The maximum absolute atomic E-state index is 6.16. The lowest BCUT2D eigenvalue weighted by atomic mass is 10.2. The third-order valence-corrected chi connectivity index (χ3v) is 4.16. The Morgan fingerprint density at radius 2 is 1.90 bits per heavy atom. The fraction of sp³-hybridized carbons (Fsp3) is 0.0667. The average Bonchev–Trinajstić information content (AvgIpc) is 2.75. The van der Waals surface area contributed by atoms with E-state index in [1.54, 1.807) is 0 Å². The van der Waals surface area contributed by atoms with E-state index in [-0.39, 0.29) is 0 Å². The van der Waals surface area contributed by atoms with Gasteiger partial charge in [0.1, 0.15) is 5.58 Å².